The lowest BCUT2D eigenvalue weighted by molar-refractivity contribution is -0.0885. The number of methoxy groups -OCH3 is 1. The molecule has 0 aromatic heterocycles. The van der Waals surface area contributed by atoms with E-state index in [2.05, 4.69) is 12.2 Å². The number of likely N-dealkylation sites (N-methyl/N-ethyl adjacent to an activating group) is 1. The average molecular weight is 270 g/mol. The molecule has 1 aromatic rings. The molecule has 1 aromatic carbocycles. The Bertz CT molecular complexity index is 411. The van der Waals surface area contributed by atoms with Gasteiger partial charge in [-0.2, -0.15) is 0 Å². The van der Waals surface area contributed by atoms with Crippen molar-refractivity contribution in [2.75, 3.05) is 13.7 Å². The summed E-state index contributed by atoms with van der Waals surface area (Å²) in [6.45, 7) is 5.06. The van der Waals surface area contributed by atoms with Gasteiger partial charge >= 0.3 is 0 Å². The zero-order valence-electron chi connectivity index (χ0n) is 11.1. The van der Waals surface area contributed by atoms with Crippen LogP contribution in [0.25, 0.3) is 0 Å². The summed E-state index contributed by atoms with van der Waals surface area (Å²) in [5, 5.41) is 4.13. The Morgan fingerprint density at radius 1 is 1.44 bits per heavy atom. The van der Waals surface area contributed by atoms with Crippen LogP contribution in [0.2, 0.25) is 5.02 Å². The summed E-state index contributed by atoms with van der Waals surface area (Å²) in [6.07, 6.45) is 1.23. The monoisotopic (exact) mass is 269 g/mol. The number of nitrogens with one attached hydrogen (secondary N) is 1. The first-order valence-electron chi connectivity index (χ1n) is 6.34. The van der Waals surface area contributed by atoms with E-state index in [1.165, 1.54) is 0 Å². The minimum atomic E-state index is 0.124. The molecule has 0 heterocycles. The Balaban J connectivity index is 1.98. The lowest BCUT2D eigenvalue weighted by Crippen LogP contribution is -2.60. The molecule has 0 radical (unpaired) electrons. The minimum Gasteiger partial charge on any atom is -0.487 e. The van der Waals surface area contributed by atoms with Crippen LogP contribution < -0.4 is 10.1 Å². The third kappa shape index (κ3) is 2.79. The van der Waals surface area contributed by atoms with E-state index in [4.69, 9.17) is 21.1 Å². The van der Waals surface area contributed by atoms with E-state index >= 15 is 0 Å². The summed E-state index contributed by atoms with van der Waals surface area (Å²) in [5.74, 6) is 0.890. The Labute approximate surface area is 113 Å². The van der Waals surface area contributed by atoms with Crippen molar-refractivity contribution >= 4 is 11.6 Å². The van der Waals surface area contributed by atoms with E-state index in [-0.39, 0.29) is 12.2 Å². The maximum absolute atomic E-state index is 5.99. The first-order valence-corrected chi connectivity index (χ1v) is 6.72. The molecule has 1 N–H and O–H groups in total. The van der Waals surface area contributed by atoms with Crippen molar-refractivity contribution in [3.8, 4) is 5.75 Å². The second kappa shape index (κ2) is 5.91. The first-order chi connectivity index (χ1) is 8.65. The number of rotatable bonds is 5. The van der Waals surface area contributed by atoms with Gasteiger partial charge in [0.2, 0.25) is 0 Å². The fourth-order valence-electron chi connectivity index (χ4n) is 2.38. The van der Waals surface area contributed by atoms with Crippen molar-refractivity contribution in [2.24, 2.45) is 0 Å². The highest BCUT2D eigenvalue weighted by Crippen LogP contribution is 2.31. The Hall–Kier alpha value is -0.770. The predicted octanol–water partition coefficient (Wildman–Crippen LogP) is 2.79. The fraction of sp³-hybridized carbons (Fsp3) is 0.571. The molecule has 0 spiro atoms. The number of hydrogen-bond donors (Lipinski definition) is 1. The van der Waals surface area contributed by atoms with Crippen LogP contribution in [0.4, 0.5) is 0 Å². The van der Waals surface area contributed by atoms with Gasteiger partial charge in [-0.15, -0.1) is 0 Å². The van der Waals surface area contributed by atoms with Crippen LogP contribution in [0, 0.1) is 6.92 Å². The molecule has 0 saturated heterocycles. The van der Waals surface area contributed by atoms with Gasteiger partial charge in [-0.3, -0.25) is 0 Å². The van der Waals surface area contributed by atoms with Crippen LogP contribution in [0.5, 0.6) is 5.75 Å². The molecule has 100 valence electrons. The van der Waals surface area contributed by atoms with Gasteiger partial charge < -0.3 is 14.8 Å². The summed E-state index contributed by atoms with van der Waals surface area (Å²) >= 11 is 5.93. The van der Waals surface area contributed by atoms with E-state index in [0.29, 0.717) is 6.04 Å². The normalized spacial score (nSPS) is 26.8. The summed E-state index contributed by atoms with van der Waals surface area (Å²) < 4.78 is 11.5. The molecule has 18 heavy (non-hydrogen) atoms. The maximum atomic E-state index is 5.99. The molecule has 4 heteroatoms. The highest BCUT2D eigenvalue weighted by molar-refractivity contribution is 6.30. The molecule has 1 saturated carbocycles. The number of aryl methyl sites for hydroxylation is 1. The maximum Gasteiger partial charge on any atom is 0.128 e. The second-order valence-corrected chi connectivity index (χ2v) is 5.10. The lowest BCUT2D eigenvalue weighted by atomic mass is 9.85. The molecule has 0 amide bonds. The van der Waals surface area contributed by atoms with Gasteiger partial charge in [-0.05, 0) is 37.2 Å². The molecular weight excluding hydrogens is 250 g/mol. The SMILES string of the molecule is CCNC1CC(Oc2ccc(Cl)cc2C)C1OC. The van der Waals surface area contributed by atoms with Crippen LogP contribution in [0.3, 0.4) is 0 Å². The average Bonchev–Trinajstić information content (AvgIpc) is 2.31. The second-order valence-electron chi connectivity index (χ2n) is 4.67. The molecule has 0 aliphatic heterocycles. The first kappa shape index (κ1) is 13.7. The third-order valence-electron chi connectivity index (χ3n) is 3.40. The minimum absolute atomic E-state index is 0.124. The van der Waals surface area contributed by atoms with E-state index in [1.807, 2.05) is 25.1 Å². The standard InChI is InChI=1S/C14H20ClNO2/c1-4-16-11-8-13(14(11)17-3)18-12-6-5-10(15)7-9(12)2/h5-7,11,13-14,16H,4,8H2,1-3H3. The van der Waals surface area contributed by atoms with Crippen LogP contribution in [0.1, 0.15) is 18.9 Å². The molecule has 1 aliphatic rings. The zero-order chi connectivity index (χ0) is 13.1. The molecule has 1 aliphatic carbocycles. The van der Waals surface area contributed by atoms with E-state index in [9.17, 15) is 0 Å². The van der Waals surface area contributed by atoms with Gasteiger partial charge in [-0.1, -0.05) is 18.5 Å². The fourth-order valence-corrected chi connectivity index (χ4v) is 2.61. The predicted molar refractivity (Wildman–Crippen MR) is 73.5 cm³/mol. The van der Waals surface area contributed by atoms with Gasteiger partial charge in [0.05, 0.1) is 0 Å². The van der Waals surface area contributed by atoms with Gasteiger partial charge in [-0.25, -0.2) is 0 Å². The van der Waals surface area contributed by atoms with Gasteiger partial charge in [0.15, 0.2) is 0 Å². The Kier molecular flexibility index (Phi) is 4.49. The summed E-state index contributed by atoms with van der Waals surface area (Å²) in [6, 6.07) is 6.09. The zero-order valence-corrected chi connectivity index (χ0v) is 11.8. The highest BCUT2D eigenvalue weighted by atomic mass is 35.5. The smallest absolute Gasteiger partial charge is 0.128 e. The number of benzene rings is 1. The third-order valence-corrected chi connectivity index (χ3v) is 3.64. The van der Waals surface area contributed by atoms with E-state index in [1.54, 1.807) is 7.11 Å². The van der Waals surface area contributed by atoms with Crippen molar-refractivity contribution in [3.63, 3.8) is 0 Å². The Morgan fingerprint density at radius 3 is 2.83 bits per heavy atom. The Morgan fingerprint density at radius 2 is 2.22 bits per heavy atom. The lowest BCUT2D eigenvalue weighted by Gasteiger charge is -2.43. The summed E-state index contributed by atoms with van der Waals surface area (Å²) in [4.78, 5) is 0. The largest absolute Gasteiger partial charge is 0.487 e. The van der Waals surface area contributed by atoms with E-state index < -0.39 is 0 Å². The molecule has 3 atom stereocenters. The van der Waals surface area contributed by atoms with Crippen molar-refractivity contribution in [3.05, 3.63) is 28.8 Å². The van der Waals surface area contributed by atoms with Crippen molar-refractivity contribution in [1.82, 2.24) is 5.32 Å². The van der Waals surface area contributed by atoms with Crippen molar-refractivity contribution in [2.45, 2.75) is 38.5 Å². The molecule has 0 bridgehead atoms. The van der Waals surface area contributed by atoms with Gasteiger partial charge in [0.1, 0.15) is 18.0 Å². The molecule has 3 unspecified atom stereocenters. The highest BCUT2D eigenvalue weighted by Gasteiger charge is 2.42. The molecule has 1 fully saturated rings. The van der Waals surface area contributed by atoms with Gasteiger partial charge in [0.25, 0.3) is 0 Å². The molecule has 3 nitrogen and oxygen atoms in total. The van der Waals surface area contributed by atoms with Crippen LogP contribution >= 0.6 is 11.6 Å². The van der Waals surface area contributed by atoms with Crippen molar-refractivity contribution < 1.29 is 9.47 Å². The summed E-state index contributed by atoms with van der Waals surface area (Å²) in [7, 11) is 1.74. The number of ether oxygens (including phenoxy) is 2. The number of halogens is 1. The topological polar surface area (TPSA) is 30.5 Å². The molecular formula is C14H20ClNO2. The van der Waals surface area contributed by atoms with Crippen LogP contribution in [-0.2, 0) is 4.74 Å². The number of hydrogen-bond acceptors (Lipinski definition) is 3. The van der Waals surface area contributed by atoms with Crippen LogP contribution in [0.15, 0.2) is 18.2 Å². The molecule has 2 rings (SSSR count). The quantitative estimate of drug-likeness (QED) is 0.892. The van der Waals surface area contributed by atoms with Crippen molar-refractivity contribution in [1.29, 1.82) is 0 Å². The van der Waals surface area contributed by atoms with Crippen LogP contribution in [-0.4, -0.2) is 31.9 Å². The summed E-state index contributed by atoms with van der Waals surface area (Å²) in [5.41, 5.74) is 1.06. The van der Waals surface area contributed by atoms with E-state index in [0.717, 1.165) is 29.3 Å². The van der Waals surface area contributed by atoms with Gasteiger partial charge in [0, 0.05) is 24.6 Å².